The fraction of sp³-hybridized carbons (Fsp3) is 0.417. The first-order chi connectivity index (χ1) is 7.91. The van der Waals surface area contributed by atoms with Gasteiger partial charge in [-0.3, -0.25) is 4.79 Å². The number of rotatable bonds is 4. The van der Waals surface area contributed by atoms with Crippen molar-refractivity contribution in [2.24, 2.45) is 0 Å². The Labute approximate surface area is 132 Å². The molecule has 0 fully saturated rings. The van der Waals surface area contributed by atoms with Crippen molar-refractivity contribution in [1.29, 1.82) is 0 Å². The van der Waals surface area contributed by atoms with Crippen LogP contribution in [0.5, 0.6) is 0 Å². The molecule has 0 spiro atoms. The van der Waals surface area contributed by atoms with Crippen molar-refractivity contribution in [3.05, 3.63) is 31.8 Å². The van der Waals surface area contributed by atoms with Crippen LogP contribution in [0.3, 0.4) is 0 Å². The minimum absolute atomic E-state index is 0.0282. The molecule has 0 aromatic heterocycles. The largest absolute Gasteiger partial charge is 0.346 e. The van der Waals surface area contributed by atoms with Gasteiger partial charge in [0.15, 0.2) is 0 Å². The lowest BCUT2D eigenvalue weighted by atomic mass is 10.0. The van der Waals surface area contributed by atoms with Gasteiger partial charge < -0.3 is 5.32 Å². The molecule has 1 amide bonds. The van der Waals surface area contributed by atoms with Crippen LogP contribution in [0.15, 0.2) is 22.7 Å². The SMILES string of the molecule is CCC(C)(CBr)NC(=O)c1cc(Br)ccc1I. The Bertz CT molecular complexity index is 419. The molecule has 1 N–H and O–H groups in total. The fourth-order valence-corrected chi connectivity index (χ4v) is 2.71. The van der Waals surface area contributed by atoms with Gasteiger partial charge >= 0.3 is 0 Å². The van der Waals surface area contributed by atoms with E-state index in [1.165, 1.54) is 0 Å². The summed E-state index contributed by atoms with van der Waals surface area (Å²) in [5, 5.41) is 3.81. The van der Waals surface area contributed by atoms with E-state index in [2.05, 4.69) is 66.7 Å². The average molecular weight is 475 g/mol. The van der Waals surface area contributed by atoms with Gasteiger partial charge in [-0.1, -0.05) is 38.8 Å². The Morgan fingerprint density at radius 1 is 1.53 bits per heavy atom. The molecule has 0 saturated heterocycles. The first kappa shape index (κ1) is 15.4. The van der Waals surface area contributed by atoms with Crippen molar-refractivity contribution in [1.82, 2.24) is 5.32 Å². The van der Waals surface area contributed by atoms with Crippen LogP contribution in [-0.4, -0.2) is 16.8 Å². The Hall–Kier alpha value is 0.380. The second-order valence-corrected chi connectivity index (χ2v) is 6.76. The molecule has 1 aromatic carbocycles. The molecule has 0 bridgehead atoms. The lowest BCUT2D eigenvalue weighted by molar-refractivity contribution is 0.0912. The van der Waals surface area contributed by atoms with Gasteiger partial charge in [-0.25, -0.2) is 0 Å². The number of carbonyl (C=O) groups is 1. The van der Waals surface area contributed by atoms with Gasteiger partial charge in [0, 0.05) is 18.9 Å². The zero-order chi connectivity index (χ0) is 13.1. The normalized spacial score (nSPS) is 14.2. The average Bonchev–Trinajstić information content (AvgIpc) is 2.32. The summed E-state index contributed by atoms with van der Waals surface area (Å²) in [6.45, 7) is 4.10. The second kappa shape index (κ2) is 6.52. The van der Waals surface area contributed by atoms with Crippen LogP contribution < -0.4 is 5.32 Å². The molecule has 1 unspecified atom stereocenters. The van der Waals surface area contributed by atoms with Crippen molar-refractivity contribution >= 4 is 60.4 Å². The van der Waals surface area contributed by atoms with Crippen molar-refractivity contribution in [3.8, 4) is 0 Å². The summed E-state index contributed by atoms with van der Waals surface area (Å²) in [7, 11) is 0. The summed E-state index contributed by atoms with van der Waals surface area (Å²) in [6.07, 6.45) is 0.884. The number of hydrogen-bond acceptors (Lipinski definition) is 1. The molecule has 0 aliphatic carbocycles. The summed E-state index contributed by atoms with van der Waals surface area (Å²) in [6, 6.07) is 5.71. The molecule has 94 valence electrons. The number of halogens is 3. The van der Waals surface area contributed by atoms with Gasteiger partial charge in [0.25, 0.3) is 5.91 Å². The maximum atomic E-state index is 12.2. The smallest absolute Gasteiger partial charge is 0.252 e. The third-order valence-corrected chi connectivity index (χ3v) is 5.34. The summed E-state index contributed by atoms with van der Waals surface area (Å²) in [4.78, 5) is 12.2. The van der Waals surface area contributed by atoms with E-state index >= 15 is 0 Å². The lowest BCUT2D eigenvalue weighted by Crippen LogP contribution is -2.47. The highest BCUT2D eigenvalue weighted by Gasteiger charge is 2.24. The molecule has 1 rings (SSSR count). The molecule has 0 heterocycles. The molecule has 5 heteroatoms. The minimum atomic E-state index is -0.206. The molecule has 0 saturated carbocycles. The Kier molecular flexibility index (Phi) is 5.92. The summed E-state index contributed by atoms with van der Waals surface area (Å²) in [5.41, 5.74) is 0.503. The first-order valence-electron chi connectivity index (χ1n) is 5.25. The van der Waals surface area contributed by atoms with Crippen molar-refractivity contribution in [3.63, 3.8) is 0 Å². The lowest BCUT2D eigenvalue weighted by Gasteiger charge is -2.27. The number of carbonyl (C=O) groups excluding carboxylic acids is 1. The van der Waals surface area contributed by atoms with Crippen molar-refractivity contribution in [2.45, 2.75) is 25.8 Å². The molecule has 0 aliphatic heterocycles. The Morgan fingerprint density at radius 2 is 2.18 bits per heavy atom. The highest BCUT2D eigenvalue weighted by atomic mass is 127. The van der Waals surface area contributed by atoms with Gasteiger partial charge in [0.1, 0.15) is 0 Å². The topological polar surface area (TPSA) is 29.1 Å². The Balaban J connectivity index is 2.94. The number of nitrogens with one attached hydrogen (secondary N) is 1. The molecule has 17 heavy (non-hydrogen) atoms. The summed E-state index contributed by atoms with van der Waals surface area (Å²) >= 11 is 9.00. The molecule has 0 radical (unpaired) electrons. The van der Waals surface area contributed by atoms with Crippen molar-refractivity contribution in [2.75, 3.05) is 5.33 Å². The second-order valence-electron chi connectivity index (χ2n) is 4.13. The minimum Gasteiger partial charge on any atom is -0.346 e. The van der Waals surface area contributed by atoms with E-state index < -0.39 is 0 Å². The highest BCUT2D eigenvalue weighted by Crippen LogP contribution is 2.20. The van der Waals surface area contributed by atoms with E-state index in [-0.39, 0.29) is 11.4 Å². The summed E-state index contributed by atoms with van der Waals surface area (Å²) < 4.78 is 1.87. The van der Waals surface area contributed by atoms with Crippen LogP contribution in [0.4, 0.5) is 0 Å². The number of amides is 1. The van der Waals surface area contributed by atoms with Gasteiger partial charge in [0.05, 0.1) is 5.56 Å². The van der Waals surface area contributed by atoms with Crippen LogP contribution in [-0.2, 0) is 0 Å². The van der Waals surface area contributed by atoms with Crippen LogP contribution >= 0.6 is 54.5 Å². The number of benzene rings is 1. The molecule has 1 aromatic rings. The summed E-state index contributed by atoms with van der Waals surface area (Å²) in [5.74, 6) is -0.0282. The predicted octanol–water partition coefficient (Wildman–Crippen LogP) is 4.35. The third-order valence-electron chi connectivity index (χ3n) is 2.66. The van der Waals surface area contributed by atoms with E-state index in [4.69, 9.17) is 0 Å². The van der Waals surface area contributed by atoms with Crippen molar-refractivity contribution < 1.29 is 4.79 Å². The van der Waals surface area contributed by atoms with Gasteiger partial charge in [-0.15, -0.1) is 0 Å². The predicted molar refractivity (Wildman–Crippen MR) is 86.8 cm³/mol. The molecule has 2 nitrogen and oxygen atoms in total. The molecule has 0 aliphatic rings. The first-order valence-corrected chi connectivity index (χ1v) is 8.24. The van der Waals surface area contributed by atoms with Gasteiger partial charge in [-0.05, 0) is 54.1 Å². The van der Waals surface area contributed by atoms with Gasteiger partial charge in [-0.2, -0.15) is 0 Å². The highest BCUT2D eigenvalue weighted by molar-refractivity contribution is 14.1. The van der Waals surface area contributed by atoms with E-state index in [0.29, 0.717) is 5.56 Å². The molecule has 1 atom stereocenters. The van der Waals surface area contributed by atoms with Crippen LogP contribution in [0, 0.1) is 3.57 Å². The maximum absolute atomic E-state index is 12.2. The Morgan fingerprint density at radius 3 is 2.71 bits per heavy atom. The monoisotopic (exact) mass is 473 g/mol. The van der Waals surface area contributed by atoms with E-state index in [1.54, 1.807) is 0 Å². The quantitative estimate of drug-likeness (QED) is 0.510. The van der Waals surface area contributed by atoms with E-state index in [1.807, 2.05) is 25.1 Å². The van der Waals surface area contributed by atoms with Crippen LogP contribution in [0.2, 0.25) is 0 Å². The fourth-order valence-electron chi connectivity index (χ4n) is 1.23. The maximum Gasteiger partial charge on any atom is 0.252 e. The zero-order valence-corrected chi connectivity index (χ0v) is 15.0. The van der Waals surface area contributed by atoms with Gasteiger partial charge in [0.2, 0.25) is 0 Å². The standard InChI is InChI=1S/C12H14Br2INO/c1-3-12(2,7-13)16-11(17)9-6-8(14)4-5-10(9)15/h4-6H,3,7H2,1-2H3,(H,16,17). The molecular formula is C12H14Br2INO. The zero-order valence-electron chi connectivity index (χ0n) is 9.69. The number of alkyl halides is 1. The van der Waals surface area contributed by atoms with E-state index in [9.17, 15) is 4.79 Å². The number of hydrogen-bond donors (Lipinski definition) is 1. The van der Waals surface area contributed by atoms with Crippen LogP contribution in [0.25, 0.3) is 0 Å². The molecular weight excluding hydrogens is 461 g/mol. The third kappa shape index (κ3) is 4.21. The van der Waals surface area contributed by atoms with E-state index in [0.717, 1.165) is 19.8 Å². The van der Waals surface area contributed by atoms with Crippen LogP contribution in [0.1, 0.15) is 30.6 Å².